The molecular formula is C17H29N5O. The minimum atomic E-state index is 0.332. The number of aromatic nitrogens is 3. The fraction of sp³-hybridized carbons (Fsp3) is 0.824. The molecular weight excluding hydrogens is 290 g/mol. The van der Waals surface area contributed by atoms with Crippen molar-refractivity contribution in [2.24, 2.45) is 5.92 Å². The summed E-state index contributed by atoms with van der Waals surface area (Å²) >= 11 is 0. The Balaban J connectivity index is 1.38. The van der Waals surface area contributed by atoms with Crippen LogP contribution in [-0.4, -0.2) is 51.8 Å². The first-order valence-corrected chi connectivity index (χ1v) is 9.05. The number of amides is 1. The molecule has 1 N–H and O–H groups in total. The van der Waals surface area contributed by atoms with Gasteiger partial charge in [-0.2, -0.15) is 0 Å². The number of rotatable bonds is 7. The van der Waals surface area contributed by atoms with Crippen LogP contribution in [0.25, 0.3) is 0 Å². The van der Waals surface area contributed by atoms with Gasteiger partial charge in [-0.25, -0.2) is 0 Å². The quantitative estimate of drug-likeness (QED) is 0.775. The topological polar surface area (TPSA) is 63.1 Å². The van der Waals surface area contributed by atoms with Crippen LogP contribution in [0.15, 0.2) is 0 Å². The van der Waals surface area contributed by atoms with E-state index < -0.39 is 0 Å². The lowest BCUT2D eigenvalue weighted by Crippen LogP contribution is -2.33. The predicted octanol–water partition coefficient (Wildman–Crippen LogP) is 1.57. The molecule has 128 valence electrons. The summed E-state index contributed by atoms with van der Waals surface area (Å²) in [5.74, 6) is 3.69. The Hall–Kier alpha value is -1.43. The van der Waals surface area contributed by atoms with Crippen molar-refractivity contribution in [2.75, 3.05) is 26.2 Å². The van der Waals surface area contributed by atoms with Gasteiger partial charge < -0.3 is 14.8 Å². The van der Waals surface area contributed by atoms with Gasteiger partial charge in [0, 0.05) is 38.4 Å². The molecule has 0 aliphatic carbocycles. The third-order valence-electron chi connectivity index (χ3n) is 4.98. The van der Waals surface area contributed by atoms with E-state index in [1.807, 2.05) is 4.90 Å². The van der Waals surface area contributed by atoms with Crippen LogP contribution in [0.4, 0.5) is 0 Å². The average molecular weight is 319 g/mol. The lowest BCUT2D eigenvalue weighted by atomic mass is 9.98. The van der Waals surface area contributed by atoms with Crippen LogP contribution in [0.3, 0.4) is 0 Å². The van der Waals surface area contributed by atoms with Crippen molar-refractivity contribution in [1.29, 1.82) is 0 Å². The van der Waals surface area contributed by atoms with Gasteiger partial charge in [0.05, 0.1) is 0 Å². The van der Waals surface area contributed by atoms with Crippen molar-refractivity contribution >= 4 is 5.91 Å². The molecule has 2 aliphatic rings. The van der Waals surface area contributed by atoms with E-state index in [4.69, 9.17) is 0 Å². The van der Waals surface area contributed by atoms with Gasteiger partial charge in [0.2, 0.25) is 5.91 Å². The summed E-state index contributed by atoms with van der Waals surface area (Å²) in [4.78, 5) is 13.6. The van der Waals surface area contributed by atoms with Gasteiger partial charge in [-0.3, -0.25) is 4.79 Å². The van der Waals surface area contributed by atoms with E-state index in [1.54, 1.807) is 0 Å². The fourth-order valence-corrected chi connectivity index (χ4v) is 3.65. The van der Waals surface area contributed by atoms with E-state index in [1.165, 1.54) is 6.42 Å². The smallest absolute Gasteiger partial charge is 0.222 e. The van der Waals surface area contributed by atoms with E-state index in [9.17, 15) is 4.79 Å². The summed E-state index contributed by atoms with van der Waals surface area (Å²) < 4.78 is 2.32. The largest absolute Gasteiger partial charge is 0.343 e. The SMILES string of the molecule is CC(C)c1nnc2n1C[C@H](CNCCCN1CCCC1=O)CC2. The molecule has 0 spiro atoms. The zero-order chi connectivity index (χ0) is 16.2. The molecule has 1 aromatic rings. The van der Waals surface area contributed by atoms with Crippen LogP contribution in [0.2, 0.25) is 0 Å². The van der Waals surface area contributed by atoms with Crippen molar-refractivity contribution in [3.05, 3.63) is 11.6 Å². The number of aryl methyl sites for hydroxylation is 1. The number of hydrogen-bond acceptors (Lipinski definition) is 4. The number of fused-ring (bicyclic) bond motifs is 1. The Bertz CT molecular complexity index is 539. The van der Waals surface area contributed by atoms with E-state index in [-0.39, 0.29) is 0 Å². The molecule has 1 saturated heterocycles. The summed E-state index contributed by atoms with van der Waals surface area (Å²) in [5.41, 5.74) is 0. The third-order valence-corrected chi connectivity index (χ3v) is 4.98. The van der Waals surface area contributed by atoms with Gasteiger partial charge in [0.25, 0.3) is 0 Å². The first kappa shape index (κ1) is 16.4. The number of nitrogens with one attached hydrogen (secondary N) is 1. The zero-order valence-electron chi connectivity index (χ0n) is 14.4. The third kappa shape index (κ3) is 3.91. The van der Waals surface area contributed by atoms with Crippen LogP contribution >= 0.6 is 0 Å². The minimum Gasteiger partial charge on any atom is -0.343 e. The van der Waals surface area contributed by atoms with Gasteiger partial charge in [-0.05, 0) is 38.3 Å². The van der Waals surface area contributed by atoms with E-state index in [2.05, 4.69) is 33.9 Å². The Morgan fingerprint density at radius 2 is 2.17 bits per heavy atom. The summed E-state index contributed by atoms with van der Waals surface area (Å²) in [6.45, 7) is 9.29. The summed E-state index contributed by atoms with van der Waals surface area (Å²) in [5, 5.41) is 12.2. The summed E-state index contributed by atoms with van der Waals surface area (Å²) in [7, 11) is 0. The molecule has 23 heavy (non-hydrogen) atoms. The second kappa shape index (κ2) is 7.43. The average Bonchev–Trinajstić information content (AvgIpc) is 3.13. The van der Waals surface area contributed by atoms with Crippen LogP contribution in [0.5, 0.6) is 0 Å². The van der Waals surface area contributed by atoms with E-state index in [0.29, 0.717) is 17.7 Å². The second-order valence-electron chi connectivity index (χ2n) is 7.19. The predicted molar refractivity (Wildman–Crippen MR) is 89.2 cm³/mol. The van der Waals surface area contributed by atoms with Crippen LogP contribution in [-0.2, 0) is 17.8 Å². The molecule has 3 rings (SSSR count). The van der Waals surface area contributed by atoms with Gasteiger partial charge >= 0.3 is 0 Å². The van der Waals surface area contributed by atoms with Crippen LogP contribution < -0.4 is 5.32 Å². The standard InChI is InChI=1S/C17H29N5O/c1-13(2)17-20-19-15-7-6-14(12-22(15)17)11-18-8-4-10-21-9-3-5-16(21)23/h13-14,18H,3-12H2,1-2H3/t14-/m0/s1. The number of nitrogens with zero attached hydrogens (tertiary/aromatic N) is 4. The maximum atomic E-state index is 11.6. The van der Waals surface area contributed by atoms with Crippen molar-refractivity contribution in [1.82, 2.24) is 25.0 Å². The molecule has 6 heteroatoms. The number of likely N-dealkylation sites (tertiary alicyclic amines) is 1. The molecule has 1 amide bonds. The molecule has 6 nitrogen and oxygen atoms in total. The normalized spacial score (nSPS) is 21.3. The Morgan fingerprint density at radius 1 is 1.30 bits per heavy atom. The summed E-state index contributed by atoms with van der Waals surface area (Å²) in [6, 6.07) is 0. The lowest BCUT2D eigenvalue weighted by Gasteiger charge is -2.25. The zero-order valence-corrected chi connectivity index (χ0v) is 14.4. The molecule has 0 radical (unpaired) electrons. The van der Waals surface area contributed by atoms with Crippen molar-refractivity contribution in [3.63, 3.8) is 0 Å². The Morgan fingerprint density at radius 3 is 2.91 bits per heavy atom. The van der Waals surface area contributed by atoms with Gasteiger partial charge in [0.15, 0.2) is 0 Å². The first-order valence-electron chi connectivity index (χ1n) is 9.05. The molecule has 0 unspecified atom stereocenters. The highest BCUT2D eigenvalue weighted by molar-refractivity contribution is 5.77. The van der Waals surface area contributed by atoms with E-state index >= 15 is 0 Å². The van der Waals surface area contributed by atoms with Crippen LogP contribution in [0.1, 0.15) is 57.1 Å². The number of hydrogen-bond donors (Lipinski definition) is 1. The van der Waals surface area contributed by atoms with Gasteiger partial charge in [-0.15, -0.1) is 10.2 Å². The monoisotopic (exact) mass is 319 g/mol. The second-order valence-corrected chi connectivity index (χ2v) is 7.19. The fourth-order valence-electron chi connectivity index (χ4n) is 3.65. The highest BCUT2D eigenvalue weighted by Gasteiger charge is 2.24. The molecule has 1 aromatic heterocycles. The first-order chi connectivity index (χ1) is 11.1. The highest BCUT2D eigenvalue weighted by Crippen LogP contribution is 2.23. The lowest BCUT2D eigenvalue weighted by molar-refractivity contribution is -0.127. The number of carbonyl (C=O) groups is 1. The molecule has 2 aliphatic heterocycles. The summed E-state index contributed by atoms with van der Waals surface area (Å²) in [6.07, 6.45) is 5.05. The molecule has 0 saturated carbocycles. The minimum absolute atomic E-state index is 0.332. The Labute approximate surface area is 138 Å². The Kier molecular flexibility index (Phi) is 5.30. The molecule has 0 aromatic carbocycles. The van der Waals surface area contributed by atoms with Crippen molar-refractivity contribution < 1.29 is 4.79 Å². The number of carbonyl (C=O) groups excluding carboxylic acids is 1. The van der Waals surface area contributed by atoms with Crippen molar-refractivity contribution in [3.8, 4) is 0 Å². The maximum Gasteiger partial charge on any atom is 0.222 e. The van der Waals surface area contributed by atoms with Gasteiger partial charge in [-0.1, -0.05) is 13.8 Å². The van der Waals surface area contributed by atoms with Crippen LogP contribution in [0, 0.1) is 5.92 Å². The molecule has 1 fully saturated rings. The molecule has 3 heterocycles. The molecule has 0 bridgehead atoms. The molecule has 1 atom stereocenters. The van der Waals surface area contributed by atoms with Crippen molar-refractivity contribution in [2.45, 2.75) is 58.4 Å². The van der Waals surface area contributed by atoms with Gasteiger partial charge in [0.1, 0.15) is 11.6 Å². The highest BCUT2D eigenvalue weighted by atomic mass is 16.2. The maximum absolute atomic E-state index is 11.6. The van der Waals surface area contributed by atoms with E-state index in [0.717, 1.165) is 70.1 Å².